The summed E-state index contributed by atoms with van der Waals surface area (Å²) in [6.45, 7) is 12.7. The summed E-state index contributed by atoms with van der Waals surface area (Å²) >= 11 is 0. The maximum atomic E-state index is 12.6. The Hall–Kier alpha value is -2.03. The van der Waals surface area contributed by atoms with E-state index < -0.39 is 0 Å². The van der Waals surface area contributed by atoms with E-state index in [1.54, 1.807) is 0 Å². The Kier molecular flexibility index (Phi) is 6.08. The van der Waals surface area contributed by atoms with Crippen LogP contribution in [0.5, 0.6) is 0 Å². The lowest BCUT2D eigenvalue weighted by Gasteiger charge is -2.42. The number of carbonyl (C=O) groups is 1. The predicted octanol–water partition coefficient (Wildman–Crippen LogP) is 5.08. The maximum absolute atomic E-state index is 12.6. The van der Waals surface area contributed by atoms with Gasteiger partial charge in [-0.15, -0.1) is 0 Å². The number of allylic oxidation sites excluding steroid dienone is 1. The monoisotopic (exact) mass is 366 g/mol. The SMILES string of the molecule is C=C(NC(=O)C1=C(C)CCCC1)N1CCC(C)(c2ccccc2CC)CC1. The second-order valence-corrected chi connectivity index (χ2v) is 8.43. The molecule has 3 heteroatoms. The highest BCUT2D eigenvalue weighted by Gasteiger charge is 2.33. The molecule has 2 aliphatic rings. The number of likely N-dealkylation sites (tertiary alicyclic amines) is 1. The van der Waals surface area contributed by atoms with E-state index in [9.17, 15) is 4.79 Å². The van der Waals surface area contributed by atoms with Gasteiger partial charge in [-0.25, -0.2) is 0 Å². The molecule has 146 valence electrons. The number of hydrogen-bond donors (Lipinski definition) is 1. The van der Waals surface area contributed by atoms with Crippen LogP contribution in [0.25, 0.3) is 0 Å². The molecule has 1 aromatic carbocycles. The van der Waals surface area contributed by atoms with Crippen molar-refractivity contribution in [2.45, 2.75) is 71.1 Å². The largest absolute Gasteiger partial charge is 0.359 e. The highest BCUT2D eigenvalue weighted by molar-refractivity contribution is 5.95. The summed E-state index contributed by atoms with van der Waals surface area (Å²) in [5.74, 6) is 0.818. The minimum atomic E-state index is 0.0573. The molecule has 0 saturated carbocycles. The Labute approximate surface area is 164 Å². The van der Waals surface area contributed by atoms with Gasteiger partial charge in [-0.05, 0) is 68.4 Å². The van der Waals surface area contributed by atoms with Crippen LogP contribution in [-0.2, 0) is 16.6 Å². The first-order chi connectivity index (χ1) is 12.9. The number of nitrogens with zero attached hydrogens (tertiary/aromatic N) is 1. The van der Waals surface area contributed by atoms with Crippen LogP contribution in [0.3, 0.4) is 0 Å². The number of amides is 1. The number of rotatable bonds is 5. The third-order valence-corrected chi connectivity index (χ3v) is 6.57. The smallest absolute Gasteiger partial charge is 0.252 e. The molecule has 1 aliphatic carbocycles. The van der Waals surface area contributed by atoms with E-state index in [4.69, 9.17) is 0 Å². The molecule has 1 saturated heterocycles. The molecule has 1 aromatic rings. The molecule has 1 aliphatic heterocycles. The van der Waals surface area contributed by atoms with Crippen molar-refractivity contribution in [3.63, 3.8) is 0 Å². The topological polar surface area (TPSA) is 32.3 Å². The normalized spacial score (nSPS) is 19.7. The summed E-state index contributed by atoms with van der Waals surface area (Å²) in [5.41, 5.74) is 5.37. The van der Waals surface area contributed by atoms with E-state index in [0.29, 0.717) is 0 Å². The second kappa shape index (κ2) is 8.33. The van der Waals surface area contributed by atoms with Crippen molar-refractivity contribution >= 4 is 5.91 Å². The van der Waals surface area contributed by atoms with E-state index >= 15 is 0 Å². The number of carbonyl (C=O) groups excluding carboxylic acids is 1. The Morgan fingerprint density at radius 3 is 2.52 bits per heavy atom. The molecule has 0 spiro atoms. The molecular weight excluding hydrogens is 332 g/mol. The average Bonchev–Trinajstić information content (AvgIpc) is 2.68. The van der Waals surface area contributed by atoms with E-state index in [1.165, 1.54) is 23.1 Å². The minimum absolute atomic E-state index is 0.0573. The van der Waals surface area contributed by atoms with Crippen molar-refractivity contribution in [2.24, 2.45) is 0 Å². The number of hydrogen-bond acceptors (Lipinski definition) is 2. The van der Waals surface area contributed by atoms with Gasteiger partial charge in [0.25, 0.3) is 5.91 Å². The van der Waals surface area contributed by atoms with Crippen LogP contribution in [0.1, 0.15) is 70.4 Å². The van der Waals surface area contributed by atoms with Gasteiger partial charge >= 0.3 is 0 Å². The third kappa shape index (κ3) is 4.28. The summed E-state index contributed by atoms with van der Waals surface area (Å²) in [4.78, 5) is 14.9. The van der Waals surface area contributed by atoms with Crippen molar-refractivity contribution in [3.8, 4) is 0 Å². The van der Waals surface area contributed by atoms with Crippen LogP contribution in [0.4, 0.5) is 0 Å². The van der Waals surface area contributed by atoms with Crippen LogP contribution in [0.15, 0.2) is 47.8 Å². The quantitative estimate of drug-likeness (QED) is 0.788. The highest BCUT2D eigenvalue weighted by atomic mass is 16.1. The molecule has 27 heavy (non-hydrogen) atoms. The zero-order valence-electron chi connectivity index (χ0n) is 17.2. The van der Waals surface area contributed by atoms with Crippen molar-refractivity contribution < 1.29 is 4.79 Å². The van der Waals surface area contributed by atoms with E-state index in [0.717, 1.165) is 63.0 Å². The molecule has 0 aromatic heterocycles. The van der Waals surface area contributed by atoms with Crippen molar-refractivity contribution in [1.82, 2.24) is 10.2 Å². The molecule has 3 rings (SSSR count). The number of benzene rings is 1. The van der Waals surface area contributed by atoms with Gasteiger partial charge in [-0.3, -0.25) is 4.79 Å². The molecule has 3 nitrogen and oxygen atoms in total. The van der Waals surface area contributed by atoms with Gasteiger partial charge in [-0.1, -0.05) is 50.3 Å². The van der Waals surface area contributed by atoms with E-state index in [2.05, 4.69) is 61.8 Å². The third-order valence-electron chi connectivity index (χ3n) is 6.57. The minimum Gasteiger partial charge on any atom is -0.359 e. The predicted molar refractivity (Wildman–Crippen MR) is 112 cm³/mol. The molecule has 1 fully saturated rings. The summed E-state index contributed by atoms with van der Waals surface area (Å²) < 4.78 is 0. The molecule has 0 unspecified atom stereocenters. The fraction of sp³-hybridized carbons (Fsp3) is 0.542. The fourth-order valence-electron chi connectivity index (χ4n) is 4.61. The van der Waals surface area contributed by atoms with Gasteiger partial charge < -0.3 is 10.2 Å². The second-order valence-electron chi connectivity index (χ2n) is 8.43. The Bertz CT molecular complexity index is 739. The summed E-state index contributed by atoms with van der Waals surface area (Å²) in [6.07, 6.45) is 7.51. The van der Waals surface area contributed by atoms with Crippen molar-refractivity contribution in [2.75, 3.05) is 13.1 Å². The van der Waals surface area contributed by atoms with Gasteiger partial charge in [0.15, 0.2) is 0 Å². The van der Waals surface area contributed by atoms with E-state index in [-0.39, 0.29) is 11.3 Å². The first-order valence-electron chi connectivity index (χ1n) is 10.5. The Morgan fingerprint density at radius 1 is 1.19 bits per heavy atom. The van der Waals surface area contributed by atoms with E-state index in [1.807, 2.05) is 0 Å². The van der Waals surface area contributed by atoms with Gasteiger partial charge in [0, 0.05) is 18.7 Å². The van der Waals surface area contributed by atoms with Crippen LogP contribution >= 0.6 is 0 Å². The first-order valence-corrected chi connectivity index (χ1v) is 10.5. The lowest BCUT2D eigenvalue weighted by Crippen LogP contribution is -2.44. The Balaban J connectivity index is 1.61. The molecule has 1 heterocycles. The van der Waals surface area contributed by atoms with Gasteiger partial charge in [-0.2, -0.15) is 0 Å². The van der Waals surface area contributed by atoms with Crippen LogP contribution < -0.4 is 5.32 Å². The number of nitrogens with one attached hydrogen (secondary N) is 1. The van der Waals surface area contributed by atoms with Gasteiger partial charge in [0.2, 0.25) is 0 Å². The zero-order valence-corrected chi connectivity index (χ0v) is 17.2. The highest BCUT2D eigenvalue weighted by Crippen LogP contribution is 2.37. The number of aryl methyl sites for hydroxylation is 1. The lowest BCUT2D eigenvalue weighted by molar-refractivity contribution is -0.117. The van der Waals surface area contributed by atoms with Crippen LogP contribution in [0, 0.1) is 0 Å². The zero-order chi connectivity index (χ0) is 19.4. The molecule has 1 N–H and O–H groups in total. The Morgan fingerprint density at radius 2 is 1.85 bits per heavy atom. The molecule has 0 bridgehead atoms. The first kappa shape index (κ1) is 19.7. The average molecular weight is 367 g/mol. The lowest BCUT2D eigenvalue weighted by atomic mass is 9.72. The van der Waals surface area contributed by atoms with Crippen LogP contribution in [-0.4, -0.2) is 23.9 Å². The van der Waals surface area contributed by atoms with Crippen LogP contribution in [0.2, 0.25) is 0 Å². The molecule has 0 radical (unpaired) electrons. The number of piperidine rings is 1. The fourth-order valence-corrected chi connectivity index (χ4v) is 4.61. The summed E-state index contributed by atoms with van der Waals surface area (Å²) in [7, 11) is 0. The van der Waals surface area contributed by atoms with Crippen molar-refractivity contribution in [1.29, 1.82) is 0 Å². The maximum Gasteiger partial charge on any atom is 0.252 e. The van der Waals surface area contributed by atoms with Gasteiger partial charge in [0.1, 0.15) is 5.82 Å². The standard InChI is InChI=1S/C24H34N2O/c1-5-20-11-7-9-13-22(20)24(4)14-16-26(17-15-24)19(3)25-23(27)21-12-8-6-10-18(21)2/h7,9,11,13H,3,5-6,8,10,12,14-17H2,1-2,4H3,(H,25,27). The summed E-state index contributed by atoms with van der Waals surface area (Å²) in [5, 5.41) is 3.07. The van der Waals surface area contributed by atoms with Gasteiger partial charge in [0.05, 0.1) is 0 Å². The summed E-state index contributed by atoms with van der Waals surface area (Å²) in [6, 6.07) is 8.85. The van der Waals surface area contributed by atoms with Crippen molar-refractivity contribution in [3.05, 3.63) is 58.9 Å². The molecular formula is C24H34N2O. The molecule has 1 amide bonds. The molecule has 0 atom stereocenters.